The van der Waals surface area contributed by atoms with E-state index in [1.165, 1.54) is 13.1 Å². The van der Waals surface area contributed by atoms with Crippen LogP contribution in [0.1, 0.15) is 21.7 Å². The molecular weight excluding hydrogens is 420 g/mol. The smallest absolute Gasteiger partial charge is 0.267 e. The van der Waals surface area contributed by atoms with Crippen LogP contribution in [0.25, 0.3) is 17.4 Å². The third-order valence-corrected chi connectivity index (χ3v) is 4.60. The Morgan fingerprint density at radius 1 is 0.964 bits per heavy atom. The van der Waals surface area contributed by atoms with Gasteiger partial charge in [0.05, 0.1) is 0 Å². The van der Waals surface area contributed by atoms with E-state index in [9.17, 15) is 9.59 Å². The molecule has 0 atom stereocenters. The maximum atomic E-state index is 12.5. The minimum absolute atomic E-state index is 0.102. The first-order valence-electron chi connectivity index (χ1n) is 8.64. The summed E-state index contributed by atoms with van der Waals surface area (Å²) in [7, 11) is 1.50. The predicted molar refractivity (Wildman–Crippen MR) is 113 cm³/mol. The number of benzene rings is 2. The van der Waals surface area contributed by atoms with Gasteiger partial charge in [0, 0.05) is 28.7 Å². The van der Waals surface area contributed by atoms with Gasteiger partial charge in [-0.3, -0.25) is 9.59 Å². The lowest BCUT2D eigenvalue weighted by Gasteiger charge is -2.08. The van der Waals surface area contributed by atoms with Crippen LogP contribution in [0.4, 0.5) is 0 Å². The van der Waals surface area contributed by atoms with Gasteiger partial charge in [-0.05, 0) is 43.3 Å². The number of carbonyl (C=O) groups is 2. The van der Waals surface area contributed by atoms with Crippen molar-refractivity contribution in [2.75, 3.05) is 7.05 Å². The SMILES string of the molecule is CNC(=O)C(=Cc1ccc(-c2ccc(Br)cc2)o1)NC(=O)c1ccc(C)cc1. The quantitative estimate of drug-likeness (QED) is 0.574. The molecule has 0 spiro atoms. The standard InChI is InChI=1S/C22H19BrN2O3/c1-14-3-5-16(6-4-14)21(26)25-19(22(27)24-2)13-18-11-12-20(28-18)15-7-9-17(23)10-8-15/h3-13H,1-2H3,(H,24,27)(H,25,26). The number of furan rings is 1. The molecule has 0 bridgehead atoms. The van der Waals surface area contributed by atoms with Crippen LogP contribution in [0.15, 0.2) is 75.3 Å². The number of carbonyl (C=O) groups excluding carboxylic acids is 2. The molecule has 28 heavy (non-hydrogen) atoms. The molecule has 0 unspecified atom stereocenters. The molecule has 0 aliphatic carbocycles. The van der Waals surface area contributed by atoms with E-state index in [4.69, 9.17) is 4.42 Å². The second-order valence-electron chi connectivity index (χ2n) is 6.17. The number of aryl methyl sites for hydroxylation is 1. The van der Waals surface area contributed by atoms with Crippen LogP contribution in [0, 0.1) is 6.92 Å². The Kier molecular flexibility index (Phi) is 6.11. The van der Waals surface area contributed by atoms with Crippen LogP contribution in [0.2, 0.25) is 0 Å². The first-order valence-corrected chi connectivity index (χ1v) is 9.43. The van der Waals surface area contributed by atoms with Gasteiger partial charge >= 0.3 is 0 Å². The minimum Gasteiger partial charge on any atom is -0.457 e. The molecule has 3 aromatic rings. The molecule has 6 heteroatoms. The average Bonchev–Trinajstić information content (AvgIpc) is 3.16. The van der Waals surface area contributed by atoms with Gasteiger partial charge in [-0.25, -0.2) is 0 Å². The molecule has 2 aromatic carbocycles. The zero-order valence-electron chi connectivity index (χ0n) is 15.5. The van der Waals surface area contributed by atoms with Gasteiger partial charge in [0.25, 0.3) is 11.8 Å². The Morgan fingerprint density at radius 2 is 1.64 bits per heavy atom. The summed E-state index contributed by atoms with van der Waals surface area (Å²) >= 11 is 3.40. The summed E-state index contributed by atoms with van der Waals surface area (Å²) in [6.07, 6.45) is 1.51. The van der Waals surface area contributed by atoms with E-state index in [1.807, 2.05) is 49.4 Å². The van der Waals surface area contributed by atoms with Crippen LogP contribution >= 0.6 is 15.9 Å². The Bertz CT molecular complexity index is 1020. The van der Waals surface area contributed by atoms with Crippen LogP contribution < -0.4 is 10.6 Å². The lowest BCUT2D eigenvalue weighted by Crippen LogP contribution is -2.33. The number of hydrogen-bond donors (Lipinski definition) is 2. The maximum Gasteiger partial charge on any atom is 0.267 e. The van der Waals surface area contributed by atoms with Gasteiger partial charge in [0.1, 0.15) is 17.2 Å². The Labute approximate surface area is 171 Å². The molecule has 0 aliphatic heterocycles. The topological polar surface area (TPSA) is 71.3 Å². The van der Waals surface area contributed by atoms with E-state index in [0.717, 1.165) is 15.6 Å². The third-order valence-electron chi connectivity index (χ3n) is 4.08. The van der Waals surface area contributed by atoms with E-state index >= 15 is 0 Å². The molecule has 2 amide bonds. The highest BCUT2D eigenvalue weighted by atomic mass is 79.9. The number of likely N-dealkylation sites (N-methyl/N-ethyl adjacent to an activating group) is 1. The summed E-state index contributed by atoms with van der Waals surface area (Å²) in [5.74, 6) is 0.345. The molecule has 0 fully saturated rings. The monoisotopic (exact) mass is 438 g/mol. The van der Waals surface area contributed by atoms with Crippen molar-refractivity contribution >= 4 is 33.8 Å². The number of amides is 2. The molecule has 0 radical (unpaired) electrons. The largest absolute Gasteiger partial charge is 0.457 e. The van der Waals surface area contributed by atoms with E-state index in [2.05, 4.69) is 26.6 Å². The maximum absolute atomic E-state index is 12.5. The van der Waals surface area contributed by atoms with Gasteiger partial charge in [-0.2, -0.15) is 0 Å². The Morgan fingerprint density at radius 3 is 2.29 bits per heavy atom. The number of rotatable bonds is 5. The second-order valence-corrected chi connectivity index (χ2v) is 7.08. The summed E-state index contributed by atoms with van der Waals surface area (Å²) in [4.78, 5) is 24.7. The summed E-state index contributed by atoms with van der Waals surface area (Å²) in [6.45, 7) is 1.94. The Balaban J connectivity index is 1.84. The number of halogens is 1. The third kappa shape index (κ3) is 4.78. The fourth-order valence-corrected chi connectivity index (χ4v) is 2.80. The van der Waals surface area contributed by atoms with Gasteiger partial charge in [-0.1, -0.05) is 45.8 Å². The highest BCUT2D eigenvalue weighted by molar-refractivity contribution is 9.10. The Hall–Kier alpha value is -3.12. The van der Waals surface area contributed by atoms with Crippen LogP contribution in [-0.2, 0) is 4.79 Å². The van der Waals surface area contributed by atoms with Crippen molar-refractivity contribution < 1.29 is 14.0 Å². The van der Waals surface area contributed by atoms with E-state index in [-0.39, 0.29) is 11.6 Å². The fourth-order valence-electron chi connectivity index (χ4n) is 2.53. The highest BCUT2D eigenvalue weighted by Gasteiger charge is 2.14. The molecule has 5 nitrogen and oxygen atoms in total. The molecule has 142 valence electrons. The molecule has 2 N–H and O–H groups in total. The van der Waals surface area contributed by atoms with Crippen molar-refractivity contribution in [3.63, 3.8) is 0 Å². The summed E-state index contributed by atoms with van der Waals surface area (Å²) in [6, 6.07) is 18.4. The van der Waals surface area contributed by atoms with Crippen molar-refractivity contribution in [1.82, 2.24) is 10.6 Å². The number of nitrogens with one attached hydrogen (secondary N) is 2. The van der Waals surface area contributed by atoms with Crippen LogP contribution in [0.3, 0.4) is 0 Å². The minimum atomic E-state index is -0.415. The average molecular weight is 439 g/mol. The zero-order chi connectivity index (χ0) is 20.1. The van der Waals surface area contributed by atoms with E-state index in [0.29, 0.717) is 17.1 Å². The molecular formula is C22H19BrN2O3. The number of hydrogen-bond acceptors (Lipinski definition) is 3. The predicted octanol–water partition coefficient (Wildman–Crippen LogP) is 4.53. The van der Waals surface area contributed by atoms with Crippen molar-refractivity contribution in [1.29, 1.82) is 0 Å². The fraction of sp³-hybridized carbons (Fsp3) is 0.0909. The van der Waals surface area contributed by atoms with Crippen LogP contribution in [-0.4, -0.2) is 18.9 Å². The van der Waals surface area contributed by atoms with Crippen molar-refractivity contribution in [3.05, 3.63) is 87.7 Å². The second kappa shape index (κ2) is 8.71. The molecule has 3 rings (SSSR count). The summed E-state index contributed by atoms with van der Waals surface area (Å²) in [5.41, 5.74) is 2.53. The summed E-state index contributed by atoms with van der Waals surface area (Å²) in [5, 5.41) is 5.18. The normalized spacial score (nSPS) is 11.2. The molecule has 1 aromatic heterocycles. The molecule has 0 aliphatic rings. The van der Waals surface area contributed by atoms with Crippen molar-refractivity contribution in [2.45, 2.75) is 6.92 Å². The highest BCUT2D eigenvalue weighted by Crippen LogP contribution is 2.25. The van der Waals surface area contributed by atoms with Gasteiger partial charge in [0.2, 0.25) is 0 Å². The lowest BCUT2D eigenvalue weighted by atomic mass is 10.1. The van der Waals surface area contributed by atoms with Gasteiger partial charge in [-0.15, -0.1) is 0 Å². The van der Waals surface area contributed by atoms with E-state index < -0.39 is 5.91 Å². The first kappa shape index (κ1) is 19.6. The summed E-state index contributed by atoms with van der Waals surface area (Å²) < 4.78 is 6.79. The lowest BCUT2D eigenvalue weighted by molar-refractivity contribution is -0.117. The van der Waals surface area contributed by atoms with Crippen molar-refractivity contribution in [2.24, 2.45) is 0 Å². The van der Waals surface area contributed by atoms with Crippen LogP contribution in [0.5, 0.6) is 0 Å². The first-order chi connectivity index (χ1) is 13.5. The van der Waals surface area contributed by atoms with Crippen molar-refractivity contribution in [3.8, 4) is 11.3 Å². The zero-order valence-corrected chi connectivity index (χ0v) is 17.0. The molecule has 0 saturated heterocycles. The van der Waals surface area contributed by atoms with E-state index in [1.54, 1.807) is 18.2 Å². The molecule has 1 heterocycles. The molecule has 0 saturated carbocycles. The van der Waals surface area contributed by atoms with Gasteiger partial charge < -0.3 is 15.1 Å². The van der Waals surface area contributed by atoms with Gasteiger partial charge in [0.15, 0.2) is 0 Å².